The second-order valence-corrected chi connectivity index (χ2v) is 3.92. The Bertz CT molecular complexity index is 480. The third-order valence-corrected chi connectivity index (χ3v) is 2.69. The quantitative estimate of drug-likeness (QED) is 0.759. The average Bonchev–Trinajstić information content (AvgIpc) is 2.91. The molecule has 2 rings (SSSR count). The van der Waals surface area contributed by atoms with Gasteiger partial charge in [-0.2, -0.15) is 5.10 Å². The minimum absolute atomic E-state index is 0.111. The third kappa shape index (κ3) is 2.97. The molecule has 94 valence electrons. The first-order chi connectivity index (χ1) is 8.81. The monoisotopic (exact) mass is 244 g/mol. The Morgan fingerprint density at radius 3 is 2.72 bits per heavy atom. The van der Waals surface area contributed by atoms with E-state index < -0.39 is 0 Å². The van der Waals surface area contributed by atoms with E-state index in [1.54, 1.807) is 10.9 Å². The lowest BCUT2D eigenvalue weighted by Gasteiger charge is -2.17. The Labute approximate surface area is 106 Å². The van der Waals surface area contributed by atoms with Gasteiger partial charge in [-0.25, -0.2) is 0 Å². The molecule has 1 aromatic heterocycles. The van der Waals surface area contributed by atoms with Crippen LogP contribution in [0.25, 0.3) is 0 Å². The molecule has 0 aliphatic rings. The number of carbonyl (C=O) groups is 1. The first-order valence-electron chi connectivity index (χ1n) is 6.01. The number of aromatic nitrogens is 2. The van der Waals surface area contributed by atoms with Gasteiger partial charge in [0.1, 0.15) is 0 Å². The predicted octanol–water partition coefficient (Wildman–Crippen LogP) is 2.43. The summed E-state index contributed by atoms with van der Waals surface area (Å²) in [7, 11) is 0. The molecule has 1 unspecified atom stereocenters. The van der Waals surface area contributed by atoms with Crippen molar-refractivity contribution in [3.05, 3.63) is 54.4 Å². The molecular weight excluding hydrogens is 228 g/mol. The average molecular weight is 244 g/mol. The Morgan fingerprint density at radius 1 is 1.33 bits per heavy atom. The van der Waals surface area contributed by atoms with E-state index >= 15 is 0 Å². The lowest BCUT2D eigenvalue weighted by atomic mass is 10.0. The van der Waals surface area contributed by atoms with Crippen molar-refractivity contribution in [2.75, 3.05) is 6.61 Å². The van der Waals surface area contributed by atoms with Gasteiger partial charge in [-0.05, 0) is 18.6 Å². The highest BCUT2D eigenvalue weighted by atomic mass is 16.5. The molecule has 4 nitrogen and oxygen atoms in total. The van der Waals surface area contributed by atoms with Crippen LogP contribution < -0.4 is 0 Å². The molecule has 1 atom stereocenters. The number of ether oxygens (including phenoxy) is 1. The van der Waals surface area contributed by atoms with Gasteiger partial charge in [0.25, 0.3) is 0 Å². The standard InChI is InChI=1S/C14H16N2O2/c1-2-18-14(17)11-13(16-10-6-9-15-16)12-7-4-3-5-8-12/h3-10,13H,2,11H2,1H3. The largest absolute Gasteiger partial charge is 0.466 e. The molecule has 0 aliphatic carbocycles. The molecule has 2 aromatic rings. The third-order valence-electron chi connectivity index (χ3n) is 2.69. The summed E-state index contributed by atoms with van der Waals surface area (Å²) in [5, 5.41) is 4.22. The number of carbonyl (C=O) groups excluding carboxylic acids is 1. The van der Waals surface area contributed by atoms with Gasteiger partial charge in [0.05, 0.1) is 19.1 Å². The summed E-state index contributed by atoms with van der Waals surface area (Å²) in [5.74, 6) is -0.207. The van der Waals surface area contributed by atoms with Crippen LogP contribution in [0.15, 0.2) is 48.8 Å². The highest BCUT2D eigenvalue weighted by molar-refractivity contribution is 5.70. The molecule has 1 aromatic carbocycles. The van der Waals surface area contributed by atoms with E-state index in [4.69, 9.17) is 4.74 Å². The molecule has 0 radical (unpaired) electrons. The van der Waals surface area contributed by atoms with Crippen LogP contribution in [-0.2, 0) is 9.53 Å². The van der Waals surface area contributed by atoms with Crippen LogP contribution in [0.5, 0.6) is 0 Å². The molecule has 4 heteroatoms. The Balaban J connectivity index is 2.22. The molecule has 0 saturated heterocycles. The van der Waals surface area contributed by atoms with Crippen molar-refractivity contribution >= 4 is 5.97 Å². The lowest BCUT2D eigenvalue weighted by molar-refractivity contribution is -0.143. The maximum Gasteiger partial charge on any atom is 0.308 e. The molecule has 0 aliphatic heterocycles. The van der Waals surface area contributed by atoms with Crippen LogP contribution >= 0.6 is 0 Å². The van der Waals surface area contributed by atoms with E-state index in [0.717, 1.165) is 5.56 Å². The normalized spacial score (nSPS) is 12.1. The molecular formula is C14H16N2O2. The molecule has 0 bridgehead atoms. The summed E-state index contributed by atoms with van der Waals surface area (Å²) in [6.45, 7) is 2.21. The maximum absolute atomic E-state index is 11.7. The van der Waals surface area contributed by atoms with E-state index in [0.29, 0.717) is 13.0 Å². The van der Waals surface area contributed by atoms with Gasteiger partial charge in [0.2, 0.25) is 0 Å². The highest BCUT2D eigenvalue weighted by Gasteiger charge is 2.18. The minimum atomic E-state index is -0.207. The van der Waals surface area contributed by atoms with Gasteiger partial charge in [0, 0.05) is 12.4 Å². The van der Waals surface area contributed by atoms with E-state index in [1.165, 1.54) is 0 Å². The zero-order chi connectivity index (χ0) is 12.8. The Kier molecular flexibility index (Phi) is 4.12. The first kappa shape index (κ1) is 12.4. The van der Waals surface area contributed by atoms with Gasteiger partial charge < -0.3 is 4.74 Å². The topological polar surface area (TPSA) is 44.1 Å². The smallest absolute Gasteiger partial charge is 0.308 e. The number of nitrogens with zero attached hydrogens (tertiary/aromatic N) is 2. The van der Waals surface area contributed by atoms with Crippen molar-refractivity contribution in [3.63, 3.8) is 0 Å². The fraction of sp³-hybridized carbons (Fsp3) is 0.286. The number of rotatable bonds is 5. The molecule has 18 heavy (non-hydrogen) atoms. The van der Waals surface area contributed by atoms with Gasteiger partial charge >= 0.3 is 5.97 Å². The summed E-state index contributed by atoms with van der Waals surface area (Å²) >= 11 is 0. The van der Waals surface area contributed by atoms with Crippen LogP contribution in [-0.4, -0.2) is 22.4 Å². The van der Waals surface area contributed by atoms with Crippen LogP contribution in [0.1, 0.15) is 24.9 Å². The predicted molar refractivity (Wildman–Crippen MR) is 68.1 cm³/mol. The maximum atomic E-state index is 11.7. The molecule has 1 heterocycles. The van der Waals surface area contributed by atoms with E-state index in [2.05, 4.69) is 5.10 Å². The van der Waals surface area contributed by atoms with Crippen molar-refractivity contribution in [2.45, 2.75) is 19.4 Å². The Morgan fingerprint density at radius 2 is 2.11 bits per heavy atom. The summed E-state index contributed by atoms with van der Waals surface area (Å²) in [6, 6.07) is 11.6. The Hall–Kier alpha value is -2.10. The minimum Gasteiger partial charge on any atom is -0.466 e. The van der Waals surface area contributed by atoms with Gasteiger partial charge in [-0.1, -0.05) is 30.3 Å². The SMILES string of the molecule is CCOC(=O)CC(c1ccccc1)n1cccn1. The van der Waals surface area contributed by atoms with Crippen molar-refractivity contribution in [1.29, 1.82) is 0 Å². The zero-order valence-corrected chi connectivity index (χ0v) is 10.3. The van der Waals surface area contributed by atoms with E-state index in [9.17, 15) is 4.79 Å². The van der Waals surface area contributed by atoms with E-state index in [-0.39, 0.29) is 12.0 Å². The van der Waals surface area contributed by atoms with Crippen molar-refractivity contribution in [3.8, 4) is 0 Å². The summed E-state index contributed by atoms with van der Waals surface area (Å²) in [4.78, 5) is 11.7. The van der Waals surface area contributed by atoms with Crippen molar-refractivity contribution in [2.24, 2.45) is 0 Å². The fourth-order valence-electron chi connectivity index (χ4n) is 1.88. The van der Waals surface area contributed by atoms with Crippen LogP contribution in [0, 0.1) is 0 Å². The van der Waals surface area contributed by atoms with Crippen LogP contribution in [0.2, 0.25) is 0 Å². The number of esters is 1. The molecule has 0 N–H and O–H groups in total. The van der Waals surface area contributed by atoms with Gasteiger partial charge in [-0.3, -0.25) is 9.48 Å². The fourth-order valence-corrected chi connectivity index (χ4v) is 1.88. The van der Waals surface area contributed by atoms with Crippen LogP contribution in [0.3, 0.4) is 0 Å². The summed E-state index contributed by atoms with van der Waals surface area (Å²) in [6.07, 6.45) is 3.86. The van der Waals surface area contributed by atoms with E-state index in [1.807, 2.05) is 49.5 Å². The lowest BCUT2D eigenvalue weighted by Crippen LogP contribution is -2.17. The second kappa shape index (κ2) is 6.00. The highest BCUT2D eigenvalue weighted by Crippen LogP contribution is 2.21. The van der Waals surface area contributed by atoms with Crippen molar-refractivity contribution < 1.29 is 9.53 Å². The summed E-state index contributed by atoms with van der Waals surface area (Å²) in [5.41, 5.74) is 1.05. The van der Waals surface area contributed by atoms with Gasteiger partial charge in [-0.15, -0.1) is 0 Å². The number of hydrogen-bond acceptors (Lipinski definition) is 3. The molecule has 0 spiro atoms. The molecule has 0 saturated carbocycles. The number of benzene rings is 1. The van der Waals surface area contributed by atoms with Crippen molar-refractivity contribution in [1.82, 2.24) is 9.78 Å². The van der Waals surface area contributed by atoms with Gasteiger partial charge in [0.15, 0.2) is 0 Å². The summed E-state index contributed by atoms with van der Waals surface area (Å²) < 4.78 is 6.80. The number of hydrogen-bond donors (Lipinski definition) is 0. The molecule has 0 amide bonds. The zero-order valence-electron chi connectivity index (χ0n) is 10.3. The molecule has 0 fully saturated rings. The first-order valence-corrected chi connectivity index (χ1v) is 6.01. The van der Waals surface area contributed by atoms with Crippen LogP contribution in [0.4, 0.5) is 0 Å². The second-order valence-electron chi connectivity index (χ2n) is 3.92.